The van der Waals surface area contributed by atoms with Gasteiger partial charge in [0.15, 0.2) is 0 Å². The first kappa shape index (κ1) is 23.6. The Bertz CT molecular complexity index is 1170. The first-order valence-electron chi connectivity index (χ1n) is 12.0. The van der Waals surface area contributed by atoms with Gasteiger partial charge in [-0.05, 0) is 62.1 Å². The number of anilines is 1. The van der Waals surface area contributed by atoms with E-state index in [1.54, 1.807) is 4.90 Å². The van der Waals surface area contributed by atoms with E-state index < -0.39 is 0 Å². The summed E-state index contributed by atoms with van der Waals surface area (Å²) in [6, 6.07) is 17.9. The molecule has 4 rings (SSSR count). The molecule has 1 atom stereocenters. The Morgan fingerprint density at radius 3 is 2.50 bits per heavy atom. The largest absolute Gasteiger partial charge is 0.348 e. The molecular weight excluding hydrogens is 424 g/mol. The number of aryl methyl sites for hydroxylation is 2. The Kier molecular flexibility index (Phi) is 7.06. The molecule has 1 N–H and O–H groups in total. The number of amides is 3. The predicted molar refractivity (Wildman–Crippen MR) is 136 cm³/mol. The van der Waals surface area contributed by atoms with Crippen molar-refractivity contribution in [3.63, 3.8) is 0 Å². The zero-order valence-electron chi connectivity index (χ0n) is 20.5. The lowest BCUT2D eigenvalue weighted by Gasteiger charge is -2.38. The molecule has 1 aromatic heterocycles. The van der Waals surface area contributed by atoms with E-state index in [1.165, 1.54) is 5.56 Å². The Morgan fingerprint density at radius 1 is 1.00 bits per heavy atom. The van der Waals surface area contributed by atoms with Gasteiger partial charge in [0.25, 0.3) is 0 Å². The average molecular weight is 459 g/mol. The summed E-state index contributed by atoms with van der Waals surface area (Å²) < 4.78 is 2.21. The molecule has 0 fully saturated rings. The number of nitrogens with one attached hydrogen (secondary N) is 1. The Labute approximate surface area is 202 Å². The summed E-state index contributed by atoms with van der Waals surface area (Å²) in [7, 11) is 0. The number of rotatable bonds is 6. The maximum absolute atomic E-state index is 13.6. The van der Waals surface area contributed by atoms with Gasteiger partial charge in [-0.2, -0.15) is 0 Å². The maximum Gasteiger partial charge on any atom is 0.322 e. The summed E-state index contributed by atoms with van der Waals surface area (Å²) in [4.78, 5) is 30.4. The number of nitrogens with zero attached hydrogens (tertiary/aromatic N) is 3. The molecule has 178 valence electrons. The van der Waals surface area contributed by atoms with Crippen molar-refractivity contribution in [1.82, 2.24) is 14.4 Å². The molecule has 1 aliphatic heterocycles. The molecule has 3 amide bonds. The van der Waals surface area contributed by atoms with Crippen LogP contribution < -0.4 is 5.32 Å². The number of benzene rings is 2. The summed E-state index contributed by atoms with van der Waals surface area (Å²) in [6.45, 7) is 10.0. The molecule has 6 nitrogen and oxygen atoms in total. The normalized spacial score (nSPS) is 15.1. The van der Waals surface area contributed by atoms with Gasteiger partial charge < -0.3 is 19.7 Å². The van der Waals surface area contributed by atoms with Crippen LogP contribution in [0.5, 0.6) is 0 Å². The van der Waals surface area contributed by atoms with Gasteiger partial charge in [-0.15, -0.1) is 0 Å². The first-order valence-corrected chi connectivity index (χ1v) is 12.0. The summed E-state index contributed by atoms with van der Waals surface area (Å²) >= 11 is 0. The van der Waals surface area contributed by atoms with E-state index in [2.05, 4.69) is 53.3 Å². The van der Waals surface area contributed by atoms with E-state index in [9.17, 15) is 9.59 Å². The third-order valence-electron chi connectivity index (χ3n) is 6.70. The zero-order valence-corrected chi connectivity index (χ0v) is 20.5. The van der Waals surface area contributed by atoms with Gasteiger partial charge in [-0.1, -0.05) is 48.9 Å². The second-order valence-corrected chi connectivity index (χ2v) is 9.13. The second kappa shape index (κ2) is 10.2. The molecule has 1 aliphatic rings. The maximum atomic E-state index is 13.6. The fraction of sp³-hybridized carbons (Fsp3) is 0.357. The predicted octanol–water partition coefficient (Wildman–Crippen LogP) is 5.29. The molecule has 0 radical (unpaired) electrons. The van der Waals surface area contributed by atoms with Crippen molar-refractivity contribution in [2.45, 2.75) is 46.7 Å². The third kappa shape index (κ3) is 4.86. The van der Waals surface area contributed by atoms with Crippen LogP contribution in [-0.2, 0) is 11.3 Å². The van der Waals surface area contributed by atoms with Gasteiger partial charge in [0.2, 0.25) is 5.91 Å². The highest BCUT2D eigenvalue weighted by Gasteiger charge is 2.33. The van der Waals surface area contributed by atoms with Crippen molar-refractivity contribution < 1.29 is 9.59 Å². The second-order valence-electron chi connectivity index (χ2n) is 9.13. The number of carbonyl (C=O) groups excluding carboxylic acids is 2. The van der Waals surface area contributed by atoms with Crippen LogP contribution in [0.25, 0.3) is 0 Å². The van der Waals surface area contributed by atoms with Crippen molar-refractivity contribution in [3.05, 3.63) is 88.7 Å². The third-order valence-corrected chi connectivity index (χ3v) is 6.70. The minimum atomic E-state index is -0.240. The number of hydrogen-bond donors (Lipinski definition) is 1. The molecule has 34 heavy (non-hydrogen) atoms. The molecule has 0 saturated carbocycles. The fourth-order valence-electron chi connectivity index (χ4n) is 4.61. The van der Waals surface area contributed by atoms with Crippen molar-refractivity contribution in [2.24, 2.45) is 0 Å². The Balaban J connectivity index is 1.56. The molecule has 0 bridgehead atoms. The molecule has 6 heteroatoms. The van der Waals surface area contributed by atoms with E-state index in [1.807, 2.05) is 49.9 Å². The van der Waals surface area contributed by atoms with Crippen molar-refractivity contribution in [1.29, 1.82) is 0 Å². The smallest absolute Gasteiger partial charge is 0.322 e. The van der Waals surface area contributed by atoms with Gasteiger partial charge >= 0.3 is 6.03 Å². The quantitative estimate of drug-likeness (QED) is 0.546. The lowest BCUT2D eigenvalue weighted by atomic mass is 9.98. The van der Waals surface area contributed by atoms with E-state index in [4.69, 9.17) is 0 Å². The molecule has 2 heterocycles. The summed E-state index contributed by atoms with van der Waals surface area (Å²) in [5, 5.41) is 3.02. The highest BCUT2D eigenvalue weighted by molar-refractivity contribution is 5.93. The van der Waals surface area contributed by atoms with E-state index in [0.29, 0.717) is 13.1 Å². The molecule has 0 unspecified atom stereocenters. The molecule has 2 aromatic carbocycles. The van der Waals surface area contributed by atoms with Crippen LogP contribution in [0.4, 0.5) is 10.5 Å². The highest BCUT2D eigenvalue weighted by Crippen LogP contribution is 2.32. The highest BCUT2D eigenvalue weighted by atomic mass is 16.2. The zero-order chi connectivity index (χ0) is 24.2. The lowest BCUT2D eigenvalue weighted by molar-refractivity contribution is -0.134. The number of urea groups is 1. The van der Waals surface area contributed by atoms with Gasteiger partial charge in [0, 0.05) is 37.2 Å². The SMILES string of the molecule is CCCN(CC(=O)N1CCn2cccc2[C@H]1c1ccc(C)cc1)C(=O)Nc1cccc(C)c1C. The van der Waals surface area contributed by atoms with E-state index >= 15 is 0 Å². The van der Waals surface area contributed by atoms with Crippen LogP contribution in [0.2, 0.25) is 0 Å². The van der Waals surface area contributed by atoms with E-state index in [-0.39, 0.29) is 24.5 Å². The minimum Gasteiger partial charge on any atom is -0.348 e. The molecular formula is C28H34N4O2. The standard InChI is InChI=1S/C28H34N4O2/c1-5-15-31(28(34)29-24-9-6-8-21(3)22(24)4)19-26(33)32-18-17-30-16-7-10-25(30)27(32)23-13-11-20(2)12-14-23/h6-14,16,27H,5,15,17-19H2,1-4H3,(H,29,34)/t27-/m1/s1. The van der Waals surface area contributed by atoms with Crippen LogP contribution in [0.15, 0.2) is 60.8 Å². The van der Waals surface area contributed by atoms with Gasteiger partial charge in [-0.3, -0.25) is 4.79 Å². The first-order chi connectivity index (χ1) is 16.4. The van der Waals surface area contributed by atoms with Gasteiger partial charge in [0.05, 0.1) is 6.04 Å². The monoisotopic (exact) mass is 458 g/mol. The topological polar surface area (TPSA) is 57.6 Å². The number of carbonyl (C=O) groups is 2. The van der Waals surface area contributed by atoms with Crippen LogP contribution in [0.1, 0.15) is 47.3 Å². The molecule has 0 saturated heterocycles. The van der Waals surface area contributed by atoms with Crippen molar-refractivity contribution in [3.8, 4) is 0 Å². The average Bonchev–Trinajstić information content (AvgIpc) is 3.30. The Hall–Kier alpha value is -3.54. The van der Waals surface area contributed by atoms with Crippen molar-refractivity contribution >= 4 is 17.6 Å². The molecule has 0 spiro atoms. The van der Waals surface area contributed by atoms with Crippen molar-refractivity contribution in [2.75, 3.05) is 25.0 Å². The van der Waals surface area contributed by atoms with Gasteiger partial charge in [-0.25, -0.2) is 4.79 Å². The summed E-state index contributed by atoms with van der Waals surface area (Å²) in [6.07, 6.45) is 2.84. The minimum absolute atomic E-state index is 0.0393. The summed E-state index contributed by atoms with van der Waals surface area (Å²) in [5.74, 6) is -0.0393. The fourth-order valence-corrected chi connectivity index (χ4v) is 4.61. The van der Waals surface area contributed by atoms with Crippen LogP contribution in [-0.4, -0.2) is 45.9 Å². The van der Waals surface area contributed by atoms with Crippen LogP contribution in [0.3, 0.4) is 0 Å². The van der Waals surface area contributed by atoms with Gasteiger partial charge in [0.1, 0.15) is 6.54 Å². The van der Waals surface area contributed by atoms with Crippen LogP contribution >= 0.6 is 0 Å². The number of fused-ring (bicyclic) bond motifs is 1. The molecule has 0 aliphatic carbocycles. The molecule has 3 aromatic rings. The summed E-state index contributed by atoms with van der Waals surface area (Å²) in [5.41, 5.74) is 6.31. The van der Waals surface area contributed by atoms with E-state index in [0.717, 1.165) is 41.0 Å². The Morgan fingerprint density at radius 2 is 1.76 bits per heavy atom. The lowest BCUT2D eigenvalue weighted by Crippen LogP contribution is -2.48. The van der Waals surface area contributed by atoms with Crippen LogP contribution in [0, 0.1) is 20.8 Å². The number of aromatic nitrogens is 1. The number of hydrogen-bond acceptors (Lipinski definition) is 2.